The van der Waals surface area contributed by atoms with Crippen molar-refractivity contribution in [3.05, 3.63) is 0 Å². The number of hydrogen-bond acceptors (Lipinski definition) is 3. The van der Waals surface area contributed by atoms with E-state index in [4.69, 9.17) is 10.00 Å². The molecule has 64 valence electrons. The van der Waals surface area contributed by atoms with E-state index in [0.29, 0.717) is 13.0 Å². The lowest BCUT2D eigenvalue weighted by Crippen LogP contribution is -2.28. The van der Waals surface area contributed by atoms with Crippen LogP contribution in [-0.4, -0.2) is 24.9 Å². The van der Waals surface area contributed by atoms with Crippen molar-refractivity contribution in [1.29, 1.82) is 5.26 Å². The van der Waals surface area contributed by atoms with Crippen LogP contribution in [-0.2, 0) is 4.74 Å². The highest BCUT2D eigenvalue weighted by Crippen LogP contribution is 2.21. The van der Waals surface area contributed by atoms with Crippen molar-refractivity contribution in [2.75, 3.05) is 13.7 Å². The zero-order valence-electron chi connectivity index (χ0n) is 7.29. The second kappa shape index (κ2) is 4.32. The summed E-state index contributed by atoms with van der Waals surface area (Å²) in [5.74, 6) is 0. The van der Waals surface area contributed by atoms with E-state index in [-0.39, 0.29) is 0 Å². The quantitative estimate of drug-likeness (QED) is 0.660. The van der Waals surface area contributed by atoms with Crippen LogP contribution < -0.4 is 0 Å². The van der Waals surface area contributed by atoms with Crippen LogP contribution in [0.3, 0.4) is 0 Å². The fourth-order valence-corrected chi connectivity index (χ4v) is 0.665. The maximum absolute atomic E-state index is 9.41. The molecule has 0 aromatic rings. The molecule has 0 radical (unpaired) electrons. The molecule has 1 atom stereocenters. The second-order valence-corrected chi connectivity index (χ2v) is 3.13. The third-order valence-electron chi connectivity index (χ3n) is 1.72. The average Bonchev–Trinajstić information content (AvgIpc) is 2.00. The van der Waals surface area contributed by atoms with Gasteiger partial charge in [-0.25, -0.2) is 0 Å². The Morgan fingerprint density at radius 3 is 2.55 bits per heavy atom. The Morgan fingerprint density at radius 2 is 2.18 bits per heavy atom. The highest BCUT2D eigenvalue weighted by Gasteiger charge is 2.26. The van der Waals surface area contributed by atoms with Gasteiger partial charge in [-0.1, -0.05) is 0 Å². The summed E-state index contributed by atoms with van der Waals surface area (Å²) in [6.45, 7) is 3.92. The predicted octanol–water partition coefficient (Wildman–Crippen LogP) is 0.934. The molecule has 11 heavy (non-hydrogen) atoms. The maximum atomic E-state index is 9.41. The molecule has 1 N–H and O–H groups in total. The van der Waals surface area contributed by atoms with E-state index < -0.39 is 11.5 Å². The number of methoxy groups -OCH3 is 1. The number of ether oxygens (including phenoxy) is 1. The van der Waals surface area contributed by atoms with Gasteiger partial charge in [0.15, 0.2) is 0 Å². The van der Waals surface area contributed by atoms with E-state index in [1.165, 1.54) is 0 Å². The minimum absolute atomic E-state index is 0.492. The Bertz CT molecular complexity index is 149. The zero-order chi connectivity index (χ0) is 8.91. The minimum Gasteiger partial charge on any atom is -0.391 e. The first-order chi connectivity index (χ1) is 5.04. The van der Waals surface area contributed by atoms with Crippen molar-refractivity contribution >= 4 is 0 Å². The number of nitrogens with zero attached hydrogens (tertiary/aromatic N) is 1. The van der Waals surface area contributed by atoms with E-state index in [0.717, 1.165) is 0 Å². The summed E-state index contributed by atoms with van der Waals surface area (Å²) < 4.78 is 4.78. The van der Waals surface area contributed by atoms with E-state index >= 15 is 0 Å². The molecule has 0 aliphatic carbocycles. The molecule has 3 heteroatoms. The van der Waals surface area contributed by atoms with Gasteiger partial charge >= 0.3 is 0 Å². The second-order valence-electron chi connectivity index (χ2n) is 3.13. The number of aliphatic hydroxyl groups excluding tert-OH is 1. The molecule has 0 saturated carbocycles. The lowest BCUT2D eigenvalue weighted by atomic mass is 9.87. The Hall–Kier alpha value is -0.590. The smallest absolute Gasteiger partial charge is 0.0777 e. The van der Waals surface area contributed by atoms with Crippen LogP contribution in [0, 0.1) is 16.7 Å². The Balaban J connectivity index is 3.83. The molecule has 0 saturated heterocycles. The molecule has 0 fully saturated rings. The van der Waals surface area contributed by atoms with Gasteiger partial charge in [0.05, 0.1) is 17.6 Å². The molecule has 0 aromatic carbocycles. The van der Waals surface area contributed by atoms with Gasteiger partial charge in [-0.3, -0.25) is 0 Å². The van der Waals surface area contributed by atoms with Crippen LogP contribution in [0.4, 0.5) is 0 Å². The molecule has 0 aromatic heterocycles. The molecular weight excluding hydrogens is 142 g/mol. The summed E-state index contributed by atoms with van der Waals surface area (Å²) in [4.78, 5) is 0. The van der Waals surface area contributed by atoms with Crippen molar-refractivity contribution in [2.24, 2.45) is 5.41 Å². The lowest BCUT2D eigenvalue weighted by Gasteiger charge is -2.22. The third-order valence-corrected chi connectivity index (χ3v) is 1.72. The van der Waals surface area contributed by atoms with E-state index in [1.54, 1.807) is 21.0 Å². The fourth-order valence-electron chi connectivity index (χ4n) is 0.665. The van der Waals surface area contributed by atoms with Gasteiger partial charge in [0, 0.05) is 13.7 Å². The molecule has 0 heterocycles. The van der Waals surface area contributed by atoms with Gasteiger partial charge in [-0.15, -0.1) is 0 Å². The summed E-state index contributed by atoms with van der Waals surface area (Å²) in [6.07, 6.45) is -0.0932. The van der Waals surface area contributed by atoms with Crippen LogP contribution in [0.5, 0.6) is 0 Å². The third kappa shape index (κ3) is 3.35. The predicted molar refractivity (Wildman–Crippen MR) is 41.9 cm³/mol. The van der Waals surface area contributed by atoms with Crippen LogP contribution in [0.25, 0.3) is 0 Å². The lowest BCUT2D eigenvalue weighted by molar-refractivity contribution is 0.0504. The molecule has 0 aliphatic rings. The number of rotatable bonds is 4. The van der Waals surface area contributed by atoms with Gasteiger partial charge in [0.25, 0.3) is 0 Å². The van der Waals surface area contributed by atoms with Crippen molar-refractivity contribution in [2.45, 2.75) is 26.4 Å². The van der Waals surface area contributed by atoms with Crippen LogP contribution >= 0.6 is 0 Å². The first-order valence-corrected chi connectivity index (χ1v) is 3.63. The topological polar surface area (TPSA) is 53.2 Å². The summed E-state index contributed by atoms with van der Waals surface area (Å²) in [7, 11) is 1.58. The number of aliphatic hydroxyl groups is 1. The first-order valence-electron chi connectivity index (χ1n) is 3.63. The van der Waals surface area contributed by atoms with Crippen molar-refractivity contribution in [1.82, 2.24) is 0 Å². The standard InChI is InChI=1S/C8H15NO2/c1-8(2,6-9)7(10)4-5-11-3/h7,10H,4-5H2,1-3H3/t7-/m0/s1. The normalized spacial score (nSPS) is 14.1. The zero-order valence-corrected chi connectivity index (χ0v) is 7.29. The van der Waals surface area contributed by atoms with Gasteiger partial charge in [-0.2, -0.15) is 5.26 Å². The molecule has 0 aliphatic heterocycles. The number of nitriles is 1. The van der Waals surface area contributed by atoms with Gasteiger partial charge < -0.3 is 9.84 Å². The molecule has 0 amide bonds. The fraction of sp³-hybridized carbons (Fsp3) is 0.875. The van der Waals surface area contributed by atoms with Crippen molar-refractivity contribution in [3.63, 3.8) is 0 Å². The molecule has 0 bridgehead atoms. The summed E-state index contributed by atoms with van der Waals surface area (Å²) in [5.41, 5.74) is -0.668. The SMILES string of the molecule is COCC[C@H](O)C(C)(C)C#N. The average molecular weight is 157 g/mol. The molecule has 3 nitrogen and oxygen atoms in total. The van der Waals surface area contributed by atoms with Crippen LogP contribution in [0.2, 0.25) is 0 Å². The largest absolute Gasteiger partial charge is 0.391 e. The summed E-state index contributed by atoms with van der Waals surface area (Å²) in [5, 5.41) is 18.0. The molecule has 0 rings (SSSR count). The van der Waals surface area contributed by atoms with E-state index in [1.807, 2.05) is 6.07 Å². The van der Waals surface area contributed by atoms with Gasteiger partial charge in [0.1, 0.15) is 0 Å². The summed E-state index contributed by atoms with van der Waals surface area (Å²) in [6, 6.07) is 2.04. The van der Waals surface area contributed by atoms with Crippen LogP contribution in [0.1, 0.15) is 20.3 Å². The highest BCUT2D eigenvalue weighted by atomic mass is 16.5. The van der Waals surface area contributed by atoms with Gasteiger partial charge in [0.2, 0.25) is 0 Å². The Labute approximate surface area is 67.6 Å². The highest BCUT2D eigenvalue weighted by molar-refractivity contribution is 4.96. The number of hydrogen-bond donors (Lipinski definition) is 1. The Kier molecular flexibility index (Phi) is 4.09. The Morgan fingerprint density at radius 1 is 1.64 bits per heavy atom. The maximum Gasteiger partial charge on any atom is 0.0777 e. The van der Waals surface area contributed by atoms with E-state index in [2.05, 4.69) is 0 Å². The molecular formula is C8H15NO2. The minimum atomic E-state index is -0.668. The first kappa shape index (κ1) is 10.4. The molecule has 0 spiro atoms. The van der Waals surface area contributed by atoms with E-state index in [9.17, 15) is 5.11 Å². The molecule has 0 unspecified atom stereocenters. The van der Waals surface area contributed by atoms with Crippen molar-refractivity contribution in [3.8, 4) is 6.07 Å². The van der Waals surface area contributed by atoms with Gasteiger partial charge in [-0.05, 0) is 20.3 Å². The van der Waals surface area contributed by atoms with Crippen molar-refractivity contribution < 1.29 is 9.84 Å². The summed E-state index contributed by atoms with van der Waals surface area (Å²) >= 11 is 0. The monoisotopic (exact) mass is 157 g/mol. The van der Waals surface area contributed by atoms with Crippen LogP contribution in [0.15, 0.2) is 0 Å².